The van der Waals surface area contributed by atoms with E-state index < -0.39 is 10.9 Å². The van der Waals surface area contributed by atoms with Crippen LogP contribution in [0.5, 0.6) is 0 Å². The molecule has 0 amide bonds. The first-order chi connectivity index (χ1) is 9.32. The second kappa shape index (κ2) is 6.85. The molecule has 0 aromatic heterocycles. The predicted octanol–water partition coefficient (Wildman–Crippen LogP) is 2.15. The second-order valence-corrected chi connectivity index (χ2v) is 4.60. The molecule has 0 radical (unpaired) electrons. The zero-order chi connectivity index (χ0) is 15.3. The van der Waals surface area contributed by atoms with Crippen molar-refractivity contribution >= 4 is 17.3 Å². The minimum Gasteiger partial charge on any atom is -0.478 e. The summed E-state index contributed by atoms with van der Waals surface area (Å²) in [5, 5.41) is 19.8. The van der Waals surface area contributed by atoms with Gasteiger partial charge in [-0.2, -0.15) is 0 Å². The lowest BCUT2D eigenvalue weighted by molar-refractivity contribution is -0.384. The van der Waals surface area contributed by atoms with Crippen molar-refractivity contribution in [1.29, 1.82) is 0 Å². The average molecular weight is 282 g/mol. The maximum absolute atomic E-state index is 11.2. The van der Waals surface area contributed by atoms with Gasteiger partial charge in [-0.25, -0.2) is 4.79 Å². The summed E-state index contributed by atoms with van der Waals surface area (Å²) < 4.78 is 5.40. The van der Waals surface area contributed by atoms with Gasteiger partial charge in [0.05, 0.1) is 28.9 Å². The van der Waals surface area contributed by atoms with Crippen molar-refractivity contribution in [3.8, 4) is 0 Å². The van der Waals surface area contributed by atoms with Crippen LogP contribution in [-0.4, -0.2) is 42.3 Å². The molecule has 0 unspecified atom stereocenters. The molecule has 0 spiro atoms. The summed E-state index contributed by atoms with van der Waals surface area (Å²) in [5.41, 5.74) is 0.0969. The number of benzene rings is 1. The number of aromatic carboxylic acids is 1. The minimum absolute atomic E-state index is 0.0914. The SMILES string of the molecule is CC(C)OCCN(C)c1ccc([N+](=O)[O-])cc1C(=O)O. The van der Waals surface area contributed by atoms with Gasteiger partial charge in [0, 0.05) is 25.7 Å². The predicted molar refractivity (Wildman–Crippen MR) is 74.4 cm³/mol. The highest BCUT2D eigenvalue weighted by Crippen LogP contribution is 2.24. The van der Waals surface area contributed by atoms with Crippen molar-refractivity contribution in [3.05, 3.63) is 33.9 Å². The van der Waals surface area contributed by atoms with Crippen LogP contribution in [-0.2, 0) is 4.74 Å². The maximum Gasteiger partial charge on any atom is 0.338 e. The Morgan fingerprint density at radius 1 is 1.50 bits per heavy atom. The number of hydrogen-bond donors (Lipinski definition) is 1. The van der Waals surface area contributed by atoms with E-state index in [-0.39, 0.29) is 17.4 Å². The fraction of sp³-hybridized carbons (Fsp3) is 0.462. The molecule has 1 N–H and O–H groups in total. The van der Waals surface area contributed by atoms with Gasteiger partial charge in [0.25, 0.3) is 5.69 Å². The lowest BCUT2D eigenvalue weighted by atomic mass is 10.1. The molecule has 7 heteroatoms. The van der Waals surface area contributed by atoms with Gasteiger partial charge in [0.15, 0.2) is 0 Å². The van der Waals surface area contributed by atoms with E-state index in [4.69, 9.17) is 9.84 Å². The van der Waals surface area contributed by atoms with E-state index in [9.17, 15) is 14.9 Å². The fourth-order valence-electron chi connectivity index (χ4n) is 1.69. The van der Waals surface area contributed by atoms with Crippen LogP contribution >= 0.6 is 0 Å². The van der Waals surface area contributed by atoms with Gasteiger partial charge < -0.3 is 14.7 Å². The summed E-state index contributed by atoms with van der Waals surface area (Å²) in [7, 11) is 1.72. The number of hydrogen-bond acceptors (Lipinski definition) is 5. The molecule has 0 heterocycles. The second-order valence-electron chi connectivity index (χ2n) is 4.60. The Balaban J connectivity index is 2.93. The van der Waals surface area contributed by atoms with Gasteiger partial charge in [-0.15, -0.1) is 0 Å². The molecule has 7 nitrogen and oxygen atoms in total. The Kier molecular flexibility index (Phi) is 5.45. The molecule has 1 rings (SSSR count). The quantitative estimate of drug-likeness (QED) is 0.608. The van der Waals surface area contributed by atoms with Crippen LogP contribution < -0.4 is 4.90 Å². The molecule has 0 atom stereocenters. The average Bonchev–Trinajstić information content (AvgIpc) is 2.37. The first-order valence-electron chi connectivity index (χ1n) is 6.17. The number of carboxylic acids is 1. The molecule has 0 aliphatic rings. The standard InChI is InChI=1S/C13H18N2O5/c1-9(2)20-7-6-14(3)12-5-4-10(15(18)19)8-11(12)13(16)17/h4-5,8-9H,6-7H2,1-3H3,(H,16,17). The van der Waals surface area contributed by atoms with Gasteiger partial charge in [0.2, 0.25) is 0 Å². The van der Waals surface area contributed by atoms with Crippen LogP contribution in [0.25, 0.3) is 0 Å². The molecule has 0 bridgehead atoms. The van der Waals surface area contributed by atoms with E-state index in [1.165, 1.54) is 12.1 Å². The third kappa shape index (κ3) is 4.20. The summed E-state index contributed by atoms with van der Waals surface area (Å²) in [5.74, 6) is -1.19. The van der Waals surface area contributed by atoms with E-state index in [1.807, 2.05) is 13.8 Å². The molecular formula is C13H18N2O5. The number of ether oxygens (including phenoxy) is 1. The number of likely N-dealkylation sites (N-methyl/N-ethyl adjacent to an activating group) is 1. The van der Waals surface area contributed by atoms with Crippen molar-refractivity contribution in [2.75, 3.05) is 25.1 Å². The number of nitrogens with zero attached hydrogens (tertiary/aromatic N) is 2. The molecule has 20 heavy (non-hydrogen) atoms. The topological polar surface area (TPSA) is 92.9 Å². The normalized spacial score (nSPS) is 10.6. The van der Waals surface area contributed by atoms with Crippen molar-refractivity contribution < 1.29 is 19.6 Å². The molecule has 1 aromatic rings. The highest BCUT2D eigenvalue weighted by Gasteiger charge is 2.18. The highest BCUT2D eigenvalue weighted by molar-refractivity contribution is 5.95. The maximum atomic E-state index is 11.2. The number of nitro groups is 1. The number of non-ortho nitro benzene ring substituents is 1. The molecule has 110 valence electrons. The summed E-state index contributed by atoms with van der Waals surface area (Å²) in [4.78, 5) is 23.0. The summed E-state index contributed by atoms with van der Waals surface area (Å²) in [6, 6.07) is 3.80. The number of carbonyl (C=O) groups is 1. The van der Waals surface area contributed by atoms with Crippen LogP contribution in [0.1, 0.15) is 24.2 Å². The zero-order valence-electron chi connectivity index (χ0n) is 11.7. The number of anilines is 1. The molecular weight excluding hydrogens is 264 g/mol. The van der Waals surface area contributed by atoms with Gasteiger partial charge in [-0.05, 0) is 19.9 Å². The molecule has 0 saturated heterocycles. The lowest BCUT2D eigenvalue weighted by Crippen LogP contribution is -2.25. The van der Waals surface area contributed by atoms with Crippen molar-refractivity contribution in [1.82, 2.24) is 0 Å². The van der Waals surface area contributed by atoms with Crippen LogP contribution in [0.2, 0.25) is 0 Å². The van der Waals surface area contributed by atoms with E-state index in [0.717, 1.165) is 6.07 Å². The monoisotopic (exact) mass is 282 g/mol. The fourth-order valence-corrected chi connectivity index (χ4v) is 1.69. The van der Waals surface area contributed by atoms with E-state index in [1.54, 1.807) is 11.9 Å². The van der Waals surface area contributed by atoms with E-state index >= 15 is 0 Å². The zero-order valence-corrected chi connectivity index (χ0v) is 11.7. The van der Waals surface area contributed by atoms with Gasteiger partial charge in [-0.3, -0.25) is 10.1 Å². The third-order valence-corrected chi connectivity index (χ3v) is 2.71. The molecule has 1 aromatic carbocycles. The molecule has 0 aliphatic heterocycles. The summed E-state index contributed by atoms with van der Waals surface area (Å²) >= 11 is 0. The van der Waals surface area contributed by atoms with Gasteiger partial charge in [-0.1, -0.05) is 0 Å². The number of carboxylic acid groups (broad SMARTS) is 1. The van der Waals surface area contributed by atoms with Gasteiger partial charge >= 0.3 is 5.97 Å². The summed E-state index contributed by atoms with van der Waals surface area (Å²) in [6.45, 7) is 4.77. The Morgan fingerprint density at radius 2 is 2.15 bits per heavy atom. The molecule has 0 saturated carbocycles. The van der Waals surface area contributed by atoms with Crippen LogP contribution in [0.15, 0.2) is 18.2 Å². The van der Waals surface area contributed by atoms with Crippen molar-refractivity contribution in [2.24, 2.45) is 0 Å². The smallest absolute Gasteiger partial charge is 0.338 e. The van der Waals surface area contributed by atoms with E-state index in [2.05, 4.69) is 0 Å². The first-order valence-corrected chi connectivity index (χ1v) is 6.17. The number of nitro benzene ring substituents is 1. The molecule has 0 fully saturated rings. The highest BCUT2D eigenvalue weighted by atomic mass is 16.6. The molecule has 0 aliphatic carbocycles. The Labute approximate surface area is 116 Å². The van der Waals surface area contributed by atoms with Crippen LogP contribution in [0.4, 0.5) is 11.4 Å². The van der Waals surface area contributed by atoms with Crippen LogP contribution in [0, 0.1) is 10.1 Å². The first kappa shape index (κ1) is 15.9. The largest absolute Gasteiger partial charge is 0.478 e. The summed E-state index contributed by atoms with van der Waals surface area (Å²) in [6.07, 6.45) is 0.0965. The van der Waals surface area contributed by atoms with Crippen LogP contribution in [0.3, 0.4) is 0 Å². The lowest BCUT2D eigenvalue weighted by Gasteiger charge is -2.21. The minimum atomic E-state index is -1.19. The van der Waals surface area contributed by atoms with Gasteiger partial charge in [0.1, 0.15) is 0 Å². The Bertz CT molecular complexity index is 502. The van der Waals surface area contributed by atoms with Crippen molar-refractivity contribution in [2.45, 2.75) is 20.0 Å². The van der Waals surface area contributed by atoms with Crippen molar-refractivity contribution in [3.63, 3.8) is 0 Å². The third-order valence-electron chi connectivity index (χ3n) is 2.71. The number of rotatable bonds is 7. The Hall–Kier alpha value is -2.15. The van der Waals surface area contributed by atoms with E-state index in [0.29, 0.717) is 18.8 Å². The Morgan fingerprint density at radius 3 is 2.65 bits per heavy atom.